The van der Waals surface area contributed by atoms with Gasteiger partial charge in [0.25, 0.3) is 0 Å². The molecule has 3 rings (SSSR count). The summed E-state index contributed by atoms with van der Waals surface area (Å²) in [5, 5.41) is 0. The molecule has 0 spiro atoms. The third-order valence-corrected chi connectivity index (χ3v) is 6.28. The van der Waals surface area contributed by atoms with Crippen LogP contribution in [0.25, 0.3) is 0 Å². The maximum atomic E-state index is 12.7. The van der Waals surface area contributed by atoms with E-state index >= 15 is 0 Å². The number of ether oxygens (including phenoxy) is 1. The van der Waals surface area contributed by atoms with Gasteiger partial charge in [-0.3, -0.25) is 0 Å². The smallest absolute Gasteiger partial charge is 0.243 e. The number of benzene rings is 1. The topological polar surface area (TPSA) is 65.2 Å². The summed E-state index contributed by atoms with van der Waals surface area (Å²) in [4.78, 5) is 4.75. The van der Waals surface area contributed by atoms with Crippen LogP contribution in [0, 0.1) is 0 Å². The summed E-state index contributed by atoms with van der Waals surface area (Å²) in [5.41, 5.74) is 1.26. The Morgan fingerprint density at radius 2 is 1.71 bits per heavy atom. The first kappa shape index (κ1) is 16.9. The number of piperazine rings is 1. The second kappa shape index (κ2) is 7.29. The summed E-state index contributed by atoms with van der Waals surface area (Å²) in [7, 11) is -1.86. The fourth-order valence-electron chi connectivity index (χ4n) is 2.94. The number of aromatic nitrogens is 1. The molecular weight excluding hydrogens is 326 g/mol. The van der Waals surface area contributed by atoms with Crippen LogP contribution in [-0.4, -0.2) is 46.0 Å². The van der Waals surface area contributed by atoms with Gasteiger partial charge in [0.05, 0.1) is 38.2 Å². The highest BCUT2D eigenvalue weighted by Gasteiger charge is 2.30. The average Bonchev–Trinajstić information content (AvgIpc) is 2.63. The Morgan fingerprint density at radius 3 is 2.29 bits per heavy atom. The van der Waals surface area contributed by atoms with Gasteiger partial charge < -0.3 is 9.64 Å². The standard InChI is InChI=1S/C17H21N3O3S/c1-23-16-2-4-17(5-3-16)24(21,22)20-12-10-19(11-13-20)14-15-6-8-18-9-7-15/h2-9H,10-14H2,1H3/p+2. The Hall–Kier alpha value is -1.96. The van der Waals surface area contributed by atoms with Crippen LogP contribution in [0.4, 0.5) is 0 Å². The first-order valence-corrected chi connectivity index (χ1v) is 9.46. The van der Waals surface area contributed by atoms with Gasteiger partial charge >= 0.3 is 0 Å². The number of sulfonamides is 1. The fourth-order valence-corrected chi connectivity index (χ4v) is 4.39. The lowest BCUT2D eigenvalue weighted by molar-refractivity contribution is -0.917. The number of rotatable bonds is 5. The first-order chi connectivity index (χ1) is 11.6. The minimum Gasteiger partial charge on any atom is -0.497 e. The van der Waals surface area contributed by atoms with Crippen LogP contribution in [0.3, 0.4) is 0 Å². The Balaban J connectivity index is 1.62. The van der Waals surface area contributed by atoms with E-state index in [0.29, 0.717) is 23.7 Å². The molecule has 0 amide bonds. The SMILES string of the molecule is COc1ccc(S(=O)(=O)N2CC[NH+](Cc3cc[nH+]cc3)CC2)cc1. The van der Waals surface area contributed by atoms with Crippen molar-refractivity contribution in [3.05, 3.63) is 54.4 Å². The van der Waals surface area contributed by atoms with E-state index in [0.717, 1.165) is 19.6 Å². The molecule has 7 heteroatoms. The summed E-state index contributed by atoms with van der Waals surface area (Å²) < 4.78 is 32.1. The van der Waals surface area contributed by atoms with Gasteiger partial charge in [-0.1, -0.05) is 0 Å². The first-order valence-electron chi connectivity index (χ1n) is 8.02. The van der Waals surface area contributed by atoms with E-state index in [4.69, 9.17) is 4.74 Å². The highest BCUT2D eigenvalue weighted by molar-refractivity contribution is 7.89. The number of methoxy groups -OCH3 is 1. The van der Waals surface area contributed by atoms with Crippen LogP contribution in [0.2, 0.25) is 0 Å². The highest BCUT2D eigenvalue weighted by Crippen LogP contribution is 2.19. The average molecular weight is 349 g/mol. The molecule has 1 fully saturated rings. The van der Waals surface area contributed by atoms with Crippen LogP contribution >= 0.6 is 0 Å². The predicted octanol–water partition coefficient (Wildman–Crippen LogP) is -0.401. The molecule has 1 aromatic heterocycles. The van der Waals surface area contributed by atoms with Gasteiger partial charge in [0.2, 0.25) is 10.0 Å². The second-order valence-corrected chi connectivity index (χ2v) is 7.85. The van der Waals surface area contributed by atoms with Crippen LogP contribution in [0.15, 0.2) is 53.7 Å². The molecule has 0 bridgehead atoms. The zero-order valence-corrected chi connectivity index (χ0v) is 14.6. The second-order valence-electron chi connectivity index (χ2n) is 5.91. The zero-order valence-electron chi connectivity index (χ0n) is 13.7. The maximum Gasteiger partial charge on any atom is 0.243 e. The number of H-pyrrole nitrogens is 1. The number of nitrogens with one attached hydrogen (secondary N) is 2. The lowest BCUT2D eigenvalue weighted by Crippen LogP contribution is -3.13. The van der Waals surface area contributed by atoms with Gasteiger partial charge in [-0.15, -0.1) is 0 Å². The lowest BCUT2D eigenvalue weighted by atomic mass is 10.2. The summed E-state index contributed by atoms with van der Waals surface area (Å²) in [6.07, 6.45) is 3.83. The molecule has 0 radical (unpaired) electrons. The molecule has 2 N–H and O–H groups in total. The molecule has 0 atom stereocenters. The summed E-state index contributed by atoms with van der Waals surface area (Å²) in [6.45, 7) is 3.64. The summed E-state index contributed by atoms with van der Waals surface area (Å²) >= 11 is 0. The van der Waals surface area contributed by atoms with Gasteiger partial charge in [-0.2, -0.15) is 4.31 Å². The predicted molar refractivity (Wildman–Crippen MR) is 89.2 cm³/mol. The Labute approximate surface area is 142 Å². The summed E-state index contributed by atoms with van der Waals surface area (Å²) in [6, 6.07) is 10.7. The van der Waals surface area contributed by atoms with E-state index in [9.17, 15) is 8.42 Å². The van der Waals surface area contributed by atoms with Crippen molar-refractivity contribution in [3.63, 3.8) is 0 Å². The van der Waals surface area contributed by atoms with E-state index < -0.39 is 10.0 Å². The number of hydrogen-bond acceptors (Lipinski definition) is 3. The Bertz CT molecular complexity index is 755. The molecule has 0 unspecified atom stereocenters. The molecule has 1 aliphatic rings. The van der Waals surface area contributed by atoms with Crippen molar-refractivity contribution < 1.29 is 23.0 Å². The van der Waals surface area contributed by atoms with Crippen molar-refractivity contribution >= 4 is 10.0 Å². The molecule has 1 aromatic carbocycles. The van der Waals surface area contributed by atoms with Crippen LogP contribution < -0.4 is 14.6 Å². The van der Waals surface area contributed by atoms with Crippen molar-refractivity contribution in [2.45, 2.75) is 11.4 Å². The van der Waals surface area contributed by atoms with Crippen molar-refractivity contribution in [1.82, 2.24) is 4.31 Å². The number of aromatic amines is 1. The number of hydrogen-bond donors (Lipinski definition) is 1. The lowest BCUT2D eigenvalue weighted by Gasteiger charge is -2.31. The number of quaternary nitrogens is 1. The largest absolute Gasteiger partial charge is 0.497 e. The third kappa shape index (κ3) is 3.75. The molecule has 1 aliphatic heterocycles. The molecule has 128 valence electrons. The molecule has 1 saturated heterocycles. The molecule has 2 heterocycles. The van der Waals surface area contributed by atoms with E-state index in [-0.39, 0.29) is 0 Å². The van der Waals surface area contributed by atoms with E-state index in [2.05, 4.69) is 17.1 Å². The van der Waals surface area contributed by atoms with E-state index in [1.54, 1.807) is 35.7 Å². The van der Waals surface area contributed by atoms with Gasteiger partial charge in [0.15, 0.2) is 12.4 Å². The maximum absolute atomic E-state index is 12.7. The zero-order chi connectivity index (χ0) is 17.0. The van der Waals surface area contributed by atoms with Crippen LogP contribution in [0.5, 0.6) is 5.75 Å². The van der Waals surface area contributed by atoms with Gasteiger partial charge in [-0.25, -0.2) is 13.4 Å². The van der Waals surface area contributed by atoms with E-state index in [1.807, 2.05) is 12.4 Å². The molecule has 6 nitrogen and oxygen atoms in total. The molecule has 0 saturated carbocycles. The highest BCUT2D eigenvalue weighted by atomic mass is 32.2. The molecule has 2 aromatic rings. The fraction of sp³-hybridized carbons (Fsp3) is 0.353. The molecular formula is C17H23N3O3S+2. The number of pyridine rings is 1. The van der Waals surface area contributed by atoms with Crippen molar-refractivity contribution in [3.8, 4) is 5.75 Å². The summed E-state index contributed by atoms with van der Waals surface area (Å²) in [5.74, 6) is 0.656. The monoisotopic (exact) mass is 349 g/mol. The Kier molecular flexibility index (Phi) is 5.13. The van der Waals surface area contributed by atoms with Gasteiger partial charge in [0.1, 0.15) is 12.3 Å². The van der Waals surface area contributed by atoms with Crippen molar-refractivity contribution in [1.29, 1.82) is 0 Å². The normalized spacial score (nSPS) is 16.9. The van der Waals surface area contributed by atoms with Crippen molar-refractivity contribution in [2.75, 3.05) is 33.3 Å². The minimum atomic E-state index is -3.42. The Morgan fingerprint density at radius 1 is 1.08 bits per heavy atom. The third-order valence-electron chi connectivity index (χ3n) is 4.37. The molecule has 24 heavy (non-hydrogen) atoms. The van der Waals surface area contributed by atoms with Gasteiger partial charge in [0, 0.05) is 17.7 Å². The van der Waals surface area contributed by atoms with E-state index in [1.165, 1.54) is 10.5 Å². The minimum absolute atomic E-state index is 0.324. The molecule has 0 aliphatic carbocycles. The quantitative estimate of drug-likeness (QED) is 0.799. The number of nitrogens with zero attached hydrogens (tertiary/aromatic N) is 1. The van der Waals surface area contributed by atoms with Crippen LogP contribution in [-0.2, 0) is 16.6 Å². The van der Waals surface area contributed by atoms with Crippen molar-refractivity contribution in [2.24, 2.45) is 0 Å². The van der Waals surface area contributed by atoms with Crippen LogP contribution in [0.1, 0.15) is 5.56 Å². The van der Waals surface area contributed by atoms with Gasteiger partial charge in [-0.05, 0) is 24.3 Å².